The highest BCUT2D eigenvalue weighted by atomic mass is 16.3. The fourth-order valence-electron chi connectivity index (χ4n) is 3.44. The molecule has 0 amide bonds. The summed E-state index contributed by atoms with van der Waals surface area (Å²) in [7, 11) is 0. The lowest BCUT2D eigenvalue weighted by Crippen LogP contribution is -2.48. The molecule has 0 unspecified atom stereocenters. The van der Waals surface area contributed by atoms with Crippen LogP contribution < -0.4 is 5.32 Å². The van der Waals surface area contributed by atoms with Crippen molar-refractivity contribution >= 4 is 22.6 Å². The van der Waals surface area contributed by atoms with E-state index in [1.54, 1.807) is 16.9 Å². The Morgan fingerprint density at radius 3 is 3.04 bits per heavy atom. The second-order valence-electron chi connectivity index (χ2n) is 6.85. The number of fused-ring (bicyclic) bond motifs is 2. The summed E-state index contributed by atoms with van der Waals surface area (Å²) >= 11 is 0. The number of aromatic amines is 1. The lowest BCUT2D eigenvalue weighted by molar-refractivity contribution is -0.0235. The minimum atomic E-state index is -0.570. The van der Waals surface area contributed by atoms with Crippen LogP contribution in [0.5, 0.6) is 0 Å². The number of H-pyrrole nitrogens is 1. The Bertz CT molecular complexity index is 1070. The third-order valence-electron chi connectivity index (χ3n) is 4.67. The van der Waals surface area contributed by atoms with E-state index in [1.165, 1.54) is 0 Å². The summed E-state index contributed by atoms with van der Waals surface area (Å²) in [5.41, 5.74) is 2.78. The summed E-state index contributed by atoms with van der Waals surface area (Å²) in [6.07, 6.45) is 8.72. The second kappa shape index (κ2) is 5.00. The summed E-state index contributed by atoms with van der Waals surface area (Å²) < 4.78 is 1.73. The van der Waals surface area contributed by atoms with Gasteiger partial charge in [0, 0.05) is 41.6 Å². The van der Waals surface area contributed by atoms with E-state index in [4.69, 9.17) is 0 Å². The molecule has 5 rings (SSSR count). The van der Waals surface area contributed by atoms with Gasteiger partial charge in [0.15, 0.2) is 5.65 Å². The highest BCUT2D eigenvalue weighted by Gasteiger charge is 2.38. The van der Waals surface area contributed by atoms with Crippen molar-refractivity contribution in [3.05, 3.63) is 36.9 Å². The van der Waals surface area contributed by atoms with E-state index in [1.807, 2.05) is 31.5 Å². The van der Waals surface area contributed by atoms with Crippen LogP contribution >= 0.6 is 0 Å². The first-order valence-electron chi connectivity index (χ1n) is 8.21. The van der Waals surface area contributed by atoms with E-state index < -0.39 is 5.60 Å². The van der Waals surface area contributed by atoms with E-state index in [0.29, 0.717) is 18.8 Å². The van der Waals surface area contributed by atoms with Crippen LogP contribution in [0.3, 0.4) is 0 Å². The van der Waals surface area contributed by atoms with Gasteiger partial charge in [-0.3, -0.25) is 0 Å². The van der Waals surface area contributed by atoms with E-state index in [-0.39, 0.29) is 6.04 Å². The Kier molecular flexibility index (Phi) is 2.87. The van der Waals surface area contributed by atoms with Crippen LogP contribution in [0.2, 0.25) is 0 Å². The first-order valence-corrected chi connectivity index (χ1v) is 8.21. The average Bonchev–Trinajstić information content (AvgIpc) is 3.18. The predicted octanol–water partition coefficient (Wildman–Crippen LogP) is 1.99. The van der Waals surface area contributed by atoms with E-state index in [9.17, 15) is 5.11 Å². The van der Waals surface area contributed by atoms with Gasteiger partial charge in [-0.05, 0) is 25.8 Å². The Balaban J connectivity index is 1.46. The Morgan fingerprint density at radius 1 is 1.32 bits per heavy atom. The van der Waals surface area contributed by atoms with Crippen LogP contribution in [0, 0.1) is 0 Å². The van der Waals surface area contributed by atoms with Crippen molar-refractivity contribution in [3.8, 4) is 11.3 Å². The maximum absolute atomic E-state index is 9.82. The third-order valence-corrected chi connectivity index (χ3v) is 4.67. The Hall–Kier alpha value is -3.00. The third kappa shape index (κ3) is 2.42. The summed E-state index contributed by atoms with van der Waals surface area (Å²) in [5, 5.41) is 18.2. The molecule has 1 aliphatic rings. The number of aromatic nitrogens is 6. The molecule has 0 atom stereocenters. The molecule has 1 aliphatic carbocycles. The quantitative estimate of drug-likeness (QED) is 0.529. The van der Waals surface area contributed by atoms with E-state index in [0.717, 1.165) is 27.9 Å². The highest BCUT2D eigenvalue weighted by molar-refractivity contribution is 5.92. The van der Waals surface area contributed by atoms with E-state index >= 15 is 0 Å². The highest BCUT2D eigenvalue weighted by Crippen LogP contribution is 2.33. The van der Waals surface area contributed by atoms with Gasteiger partial charge < -0.3 is 15.4 Å². The maximum atomic E-state index is 9.82. The van der Waals surface area contributed by atoms with Gasteiger partial charge in [0.25, 0.3) is 0 Å². The molecule has 4 heterocycles. The lowest BCUT2D eigenvalue weighted by Gasteiger charge is -2.41. The molecule has 8 heteroatoms. The fraction of sp³-hybridized carbons (Fsp3) is 0.294. The van der Waals surface area contributed by atoms with Crippen molar-refractivity contribution < 1.29 is 5.11 Å². The fourth-order valence-corrected chi connectivity index (χ4v) is 3.44. The van der Waals surface area contributed by atoms with Crippen molar-refractivity contribution in [2.45, 2.75) is 31.4 Å². The molecule has 1 saturated carbocycles. The van der Waals surface area contributed by atoms with Crippen LogP contribution in [0.25, 0.3) is 27.9 Å². The maximum Gasteiger partial charge on any atom is 0.224 e. The predicted molar refractivity (Wildman–Crippen MR) is 93.1 cm³/mol. The SMILES string of the molecule is CC1(O)CC(Nc2ncc3c(-c4ccn5nccc5n4)c[nH]c3n2)C1. The largest absolute Gasteiger partial charge is 0.390 e. The molecular formula is C17H17N7O. The molecule has 0 saturated heterocycles. The zero-order valence-electron chi connectivity index (χ0n) is 13.6. The van der Waals surface area contributed by atoms with Crippen molar-refractivity contribution in [2.75, 3.05) is 5.32 Å². The number of hydrogen-bond acceptors (Lipinski definition) is 6. The van der Waals surface area contributed by atoms with Gasteiger partial charge in [0.1, 0.15) is 5.65 Å². The zero-order chi connectivity index (χ0) is 17.0. The molecule has 3 N–H and O–H groups in total. The van der Waals surface area contributed by atoms with Gasteiger partial charge in [-0.15, -0.1) is 0 Å². The number of rotatable bonds is 3. The summed E-state index contributed by atoms with van der Waals surface area (Å²) in [6.45, 7) is 1.84. The normalized spacial score (nSPS) is 23.0. The number of nitrogens with one attached hydrogen (secondary N) is 2. The van der Waals surface area contributed by atoms with Crippen LogP contribution in [-0.4, -0.2) is 46.3 Å². The molecule has 8 nitrogen and oxygen atoms in total. The van der Waals surface area contributed by atoms with Gasteiger partial charge >= 0.3 is 0 Å². The smallest absolute Gasteiger partial charge is 0.224 e. The van der Waals surface area contributed by atoms with Crippen molar-refractivity contribution in [3.63, 3.8) is 0 Å². The number of nitrogens with zero attached hydrogens (tertiary/aromatic N) is 5. The van der Waals surface area contributed by atoms with E-state index in [2.05, 4.69) is 30.4 Å². The topological polar surface area (TPSA) is 104 Å². The zero-order valence-corrected chi connectivity index (χ0v) is 13.6. The second-order valence-corrected chi connectivity index (χ2v) is 6.85. The molecule has 4 aromatic rings. The number of aliphatic hydroxyl groups is 1. The summed E-state index contributed by atoms with van der Waals surface area (Å²) in [5.74, 6) is 0.570. The monoisotopic (exact) mass is 335 g/mol. The van der Waals surface area contributed by atoms with Crippen molar-refractivity contribution in [1.29, 1.82) is 0 Å². The van der Waals surface area contributed by atoms with Crippen LogP contribution in [0.1, 0.15) is 19.8 Å². The first kappa shape index (κ1) is 14.4. The minimum absolute atomic E-state index is 0.216. The first-order chi connectivity index (χ1) is 12.1. The Labute approximate surface area is 143 Å². The average molecular weight is 335 g/mol. The molecule has 25 heavy (non-hydrogen) atoms. The van der Waals surface area contributed by atoms with Crippen LogP contribution in [-0.2, 0) is 0 Å². The van der Waals surface area contributed by atoms with Gasteiger partial charge in [-0.25, -0.2) is 14.5 Å². The molecular weight excluding hydrogens is 318 g/mol. The lowest BCUT2D eigenvalue weighted by atomic mass is 9.77. The summed E-state index contributed by atoms with van der Waals surface area (Å²) in [4.78, 5) is 16.8. The van der Waals surface area contributed by atoms with Gasteiger partial charge in [0.2, 0.25) is 5.95 Å². The molecule has 4 aromatic heterocycles. The van der Waals surface area contributed by atoms with Crippen LogP contribution in [0.4, 0.5) is 5.95 Å². The van der Waals surface area contributed by atoms with Gasteiger partial charge in [-0.2, -0.15) is 10.1 Å². The van der Waals surface area contributed by atoms with Crippen molar-refractivity contribution in [1.82, 2.24) is 29.5 Å². The van der Waals surface area contributed by atoms with Crippen LogP contribution in [0.15, 0.2) is 36.9 Å². The number of anilines is 1. The standard InChI is InChI=1S/C17H17N7O/c1-17(25)6-10(7-17)21-16-19-9-12-11(8-18-15(12)23-16)13-3-5-24-14(22-13)2-4-20-24/h2-5,8-10,25H,6-7H2,1H3,(H2,18,19,21,23). The minimum Gasteiger partial charge on any atom is -0.390 e. The van der Waals surface area contributed by atoms with Gasteiger partial charge in [0.05, 0.1) is 17.5 Å². The number of hydrogen-bond donors (Lipinski definition) is 3. The van der Waals surface area contributed by atoms with Gasteiger partial charge in [-0.1, -0.05) is 0 Å². The molecule has 126 valence electrons. The molecule has 1 fully saturated rings. The molecule has 0 aliphatic heterocycles. The Morgan fingerprint density at radius 2 is 2.20 bits per heavy atom. The molecule has 0 bridgehead atoms. The molecule has 0 spiro atoms. The molecule has 0 aromatic carbocycles. The summed E-state index contributed by atoms with van der Waals surface area (Å²) in [6, 6.07) is 4.00. The van der Waals surface area contributed by atoms with Crippen molar-refractivity contribution in [2.24, 2.45) is 0 Å². The molecule has 0 radical (unpaired) electrons.